The lowest BCUT2D eigenvalue weighted by Crippen LogP contribution is -2.48. The van der Waals surface area contributed by atoms with Crippen LogP contribution < -0.4 is 10.1 Å². The zero-order chi connectivity index (χ0) is 19.3. The molecule has 2 aromatic heterocycles. The number of nitrogens with zero attached hydrogens (tertiary/aromatic N) is 5. The first-order valence-corrected chi connectivity index (χ1v) is 10.2. The summed E-state index contributed by atoms with van der Waals surface area (Å²) in [6, 6.07) is 4.46. The Balaban J connectivity index is 0.00000240. The summed E-state index contributed by atoms with van der Waals surface area (Å²) in [5.74, 6) is 3.00. The molecule has 0 bridgehead atoms. The molecule has 2 aromatic rings. The van der Waals surface area contributed by atoms with Crippen LogP contribution in [0.2, 0.25) is 0 Å². The van der Waals surface area contributed by atoms with E-state index in [4.69, 9.17) is 4.74 Å². The Labute approximate surface area is 190 Å². The number of hydrogen-bond acceptors (Lipinski definition) is 4. The second-order valence-electron chi connectivity index (χ2n) is 7.95. The van der Waals surface area contributed by atoms with Gasteiger partial charge in [-0.15, -0.1) is 24.0 Å². The molecule has 1 saturated heterocycles. The molecule has 2 atom stereocenters. The molecule has 1 aliphatic heterocycles. The summed E-state index contributed by atoms with van der Waals surface area (Å²) < 4.78 is 8.02. The van der Waals surface area contributed by atoms with Crippen molar-refractivity contribution < 1.29 is 4.74 Å². The van der Waals surface area contributed by atoms with Gasteiger partial charge < -0.3 is 19.5 Å². The fourth-order valence-electron chi connectivity index (χ4n) is 3.74. The largest absolute Gasteiger partial charge is 0.477 e. The summed E-state index contributed by atoms with van der Waals surface area (Å²) in [6.07, 6.45) is 11.4. The highest BCUT2D eigenvalue weighted by Gasteiger charge is 2.28. The Morgan fingerprint density at radius 1 is 1.31 bits per heavy atom. The highest BCUT2D eigenvalue weighted by Crippen LogP contribution is 2.29. The normalized spacial score (nSPS) is 22.1. The third-order valence-corrected chi connectivity index (χ3v) is 5.75. The van der Waals surface area contributed by atoms with Gasteiger partial charge in [-0.1, -0.05) is 6.92 Å². The average molecular weight is 510 g/mol. The van der Waals surface area contributed by atoms with Crippen molar-refractivity contribution in [3.63, 3.8) is 0 Å². The molecule has 0 amide bonds. The number of aromatic nitrogens is 3. The second-order valence-corrected chi connectivity index (χ2v) is 7.95. The zero-order valence-electron chi connectivity index (χ0n) is 17.2. The van der Waals surface area contributed by atoms with Gasteiger partial charge in [0, 0.05) is 51.3 Å². The molecule has 3 heterocycles. The van der Waals surface area contributed by atoms with E-state index in [-0.39, 0.29) is 24.0 Å². The van der Waals surface area contributed by atoms with E-state index in [1.807, 2.05) is 37.9 Å². The van der Waals surface area contributed by atoms with Crippen molar-refractivity contribution in [2.45, 2.75) is 38.8 Å². The first-order chi connectivity index (χ1) is 13.7. The molecule has 7 nitrogen and oxygen atoms in total. The Morgan fingerprint density at radius 2 is 2.17 bits per heavy atom. The molecule has 29 heavy (non-hydrogen) atoms. The molecule has 1 N–H and O–H groups in total. The topological polar surface area (TPSA) is 67.6 Å². The highest BCUT2D eigenvalue weighted by molar-refractivity contribution is 14.0. The highest BCUT2D eigenvalue weighted by atomic mass is 127. The second kappa shape index (κ2) is 10.3. The van der Waals surface area contributed by atoms with Gasteiger partial charge in [-0.2, -0.15) is 0 Å². The minimum Gasteiger partial charge on any atom is -0.477 e. The van der Waals surface area contributed by atoms with Crippen LogP contribution in [-0.2, 0) is 6.54 Å². The number of aliphatic imine (C=N–C) groups is 1. The molecule has 2 aliphatic rings. The molecular weight excluding hydrogens is 479 g/mol. The molecule has 0 radical (unpaired) electrons. The van der Waals surface area contributed by atoms with Crippen LogP contribution in [0.15, 0.2) is 42.0 Å². The van der Waals surface area contributed by atoms with Crippen molar-refractivity contribution in [3.05, 3.63) is 42.6 Å². The van der Waals surface area contributed by atoms with E-state index in [1.165, 1.54) is 12.8 Å². The smallest absolute Gasteiger partial charge is 0.213 e. The van der Waals surface area contributed by atoms with Gasteiger partial charge in [0.25, 0.3) is 0 Å². The van der Waals surface area contributed by atoms with Crippen LogP contribution >= 0.6 is 24.0 Å². The number of ether oxygens (including phenoxy) is 1. The molecule has 1 saturated carbocycles. The summed E-state index contributed by atoms with van der Waals surface area (Å²) in [7, 11) is 1.85. The number of imidazole rings is 1. The summed E-state index contributed by atoms with van der Waals surface area (Å²) in [5.41, 5.74) is 1.15. The van der Waals surface area contributed by atoms with Gasteiger partial charge in [0.05, 0.1) is 19.0 Å². The summed E-state index contributed by atoms with van der Waals surface area (Å²) in [4.78, 5) is 15.4. The van der Waals surface area contributed by atoms with E-state index in [0.717, 1.165) is 43.6 Å². The molecule has 8 heteroatoms. The minimum atomic E-state index is 0. The first kappa shape index (κ1) is 21.9. The molecule has 2 fully saturated rings. The number of pyridine rings is 1. The quantitative estimate of drug-likeness (QED) is 0.367. The Kier molecular flexibility index (Phi) is 7.74. The molecule has 0 spiro atoms. The lowest BCUT2D eigenvalue weighted by molar-refractivity contribution is 0.189. The van der Waals surface area contributed by atoms with Gasteiger partial charge in [-0.3, -0.25) is 4.99 Å². The van der Waals surface area contributed by atoms with Crippen LogP contribution in [0.25, 0.3) is 0 Å². The van der Waals surface area contributed by atoms with E-state index in [1.54, 1.807) is 0 Å². The fraction of sp³-hybridized carbons (Fsp3) is 0.571. The van der Waals surface area contributed by atoms with E-state index >= 15 is 0 Å². The van der Waals surface area contributed by atoms with Gasteiger partial charge in [-0.25, -0.2) is 9.97 Å². The Hall–Kier alpha value is -1.84. The summed E-state index contributed by atoms with van der Waals surface area (Å²) >= 11 is 0. The van der Waals surface area contributed by atoms with Gasteiger partial charge in [0.15, 0.2) is 5.96 Å². The Morgan fingerprint density at radius 3 is 2.90 bits per heavy atom. The molecule has 158 valence electrons. The SMILES string of the molecule is CN=C(NCc1ccnc(OCC2CC2)c1)N1CCC(C)C(n2ccnc2)C1.I. The van der Waals surface area contributed by atoms with Crippen LogP contribution in [-0.4, -0.2) is 52.1 Å². The number of likely N-dealkylation sites (tertiary alicyclic amines) is 1. The molecule has 0 aromatic carbocycles. The summed E-state index contributed by atoms with van der Waals surface area (Å²) in [6.45, 7) is 5.75. The summed E-state index contributed by atoms with van der Waals surface area (Å²) in [5, 5.41) is 3.51. The number of rotatable bonds is 6. The van der Waals surface area contributed by atoms with Gasteiger partial charge in [-0.05, 0) is 42.7 Å². The van der Waals surface area contributed by atoms with E-state index < -0.39 is 0 Å². The van der Waals surface area contributed by atoms with E-state index in [2.05, 4.69) is 42.9 Å². The maximum Gasteiger partial charge on any atom is 0.213 e. The van der Waals surface area contributed by atoms with Crippen molar-refractivity contribution in [1.82, 2.24) is 24.8 Å². The third-order valence-electron chi connectivity index (χ3n) is 5.75. The van der Waals surface area contributed by atoms with Crippen LogP contribution in [0.1, 0.15) is 37.8 Å². The Bertz CT molecular complexity index is 792. The van der Waals surface area contributed by atoms with Crippen LogP contribution in [0.3, 0.4) is 0 Å². The predicted molar refractivity (Wildman–Crippen MR) is 125 cm³/mol. The number of piperidine rings is 1. The maximum atomic E-state index is 5.80. The van der Waals surface area contributed by atoms with Crippen molar-refractivity contribution in [3.8, 4) is 5.88 Å². The monoisotopic (exact) mass is 510 g/mol. The van der Waals surface area contributed by atoms with E-state index in [9.17, 15) is 0 Å². The zero-order valence-corrected chi connectivity index (χ0v) is 19.5. The van der Waals surface area contributed by atoms with Crippen molar-refractivity contribution in [2.75, 3.05) is 26.7 Å². The standard InChI is InChI=1S/C21H30N6O.HI/c1-16-6-9-26(13-19(16)27-10-8-23-15-27)21(22-2)25-12-18-5-7-24-20(11-18)28-14-17-3-4-17;/h5,7-8,10-11,15-17,19H,3-4,6,9,12-14H2,1-2H3,(H,22,25);1H. The van der Waals surface area contributed by atoms with Crippen molar-refractivity contribution in [2.24, 2.45) is 16.8 Å². The van der Waals surface area contributed by atoms with Gasteiger partial charge in [0.2, 0.25) is 5.88 Å². The van der Waals surface area contributed by atoms with Crippen LogP contribution in [0.4, 0.5) is 0 Å². The van der Waals surface area contributed by atoms with Crippen molar-refractivity contribution >= 4 is 29.9 Å². The lowest BCUT2D eigenvalue weighted by Gasteiger charge is -2.39. The lowest BCUT2D eigenvalue weighted by atomic mass is 9.93. The van der Waals surface area contributed by atoms with Gasteiger partial charge in [0.1, 0.15) is 0 Å². The predicted octanol–water partition coefficient (Wildman–Crippen LogP) is 3.34. The number of hydrogen-bond donors (Lipinski definition) is 1. The number of nitrogens with one attached hydrogen (secondary N) is 1. The van der Waals surface area contributed by atoms with Crippen LogP contribution in [0.5, 0.6) is 5.88 Å². The molecular formula is C21H31IN6O. The third kappa shape index (κ3) is 5.83. The van der Waals surface area contributed by atoms with Gasteiger partial charge >= 0.3 is 0 Å². The first-order valence-electron chi connectivity index (χ1n) is 10.2. The number of halogens is 1. The van der Waals surface area contributed by atoms with Crippen LogP contribution in [0, 0.1) is 11.8 Å². The fourth-order valence-corrected chi connectivity index (χ4v) is 3.74. The number of guanidine groups is 1. The van der Waals surface area contributed by atoms with Crippen molar-refractivity contribution in [1.29, 1.82) is 0 Å². The minimum absolute atomic E-state index is 0. The molecule has 2 unspecified atom stereocenters. The van der Waals surface area contributed by atoms with E-state index in [0.29, 0.717) is 24.4 Å². The maximum absolute atomic E-state index is 5.80. The average Bonchev–Trinajstić information content (AvgIpc) is 3.40. The molecule has 1 aliphatic carbocycles. The molecule has 4 rings (SSSR count).